The summed E-state index contributed by atoms with van der Waals surface area (Å²) in [5.41, 5.74) is 0. The number of rotatable bonds is 5. The molecule has 1 saturated carbocycles. The van der Waals surface area contributed by atoms with Crippen LogP contribution in [0, 0.1) is 11.8 Å². The van der Waals surface area contributed by atoms with E-state index in [1.807, 2.05) is 0 Å². The first kappa shape index (κ1) is 11.5. The highest BCUT2D eigenvalue weighted by atomic mass is 16.4. The SMILES string of the molecule is CCC1CCC(CCCC(=O)O)CC1. The number of aliphatic carboxylic acids is 1. The van der Waals surface area contributed by atoms with Crippen molar-refractivity contribution in [2.24, 2.45) is 11.8 Å². The fourth-order valence-electron chi connectivity index (χ4n) is 2.47. The van der Waals surface area contributed by atoms with E-state index in [4.69, 9.17) is 5.11 Å². The Hall–Kier alpha value is -0.530. The Morgan fingerprint density at radius 3 is 2.29 bits per heavy atom. The summed E-state index contributed by atoms with van der Waals surface area (Å²) < 4.78 is 0. The average Bonchev–Trinajstić information content (AvgIpc) is 2.18. The fourth-order valence-corrected chi connectivity index (χ4v) is 2.47. The van der Waals surface area contributed by atoms with E-state index in [0.717, 1.165) is 24.7 Å². The summed E-state index contributed by atoms with van der Waals surface area (Å²) in [7, 11) is 0. The van der Waals surface area contributed by atoms with Gasteiger partial charge in [0.05, 0.1) is 0 Å². The predicted octanol–water partition coefficient (Wildman–Crippen LogP) is 3.46. The van der Waals surface area contributed by atoms with Gasteiger partial charge in [-0.05, 0) is 24.7 Å². The van der Waals surface area contributed by atoms with Crippen molar-refractivity contribution in [1.29, 1.82) is 0 Å². The highest BCUT2D eigenvalue weighted by Crippen LogP contribution is 2.33. The van der Waals surface area contributed by atoms with Crippen molar-refractivity contribution in [2.45, 2.75) is 58.3 Å². The van der Waals surface area contributed by atoms with Crippen LogP contribution in [0.25, 0.3) is 0 Å². The first-order chi connectivity index (χ1) is 6.72. The molecule has 0 heterocycles. The lowest BCUT2D eigenvalue weighted by molar-refractivity contribution is -0.137. The third-order valence-electron chi connectivity index (χ3n) is 3.55. The molecule has 1 fully saturated rings. The summed E-state index contributed by atoms with van der Waals surface area (Å²) >= 11 is 0. The van der Waals surface area contributed by atoms with Crippen LogP contribution in [-0.2, 0) is 4.79 Å². The van der Waals surface area contributed by atoms with Crippen LogP contribution in [0.3, 0.4) is 0 Å². The minimum absolute atomic E-state index is 0.355. The highest BCUT2D eigenvalue weighted by molar-refractivity contribution is 5.66. The second-order valence-corrected chi connectivity index (χ2v) is 4.58. The Kier molecular flexibility index (Phi) is 4.99. The maximum atomic E-state index is 10.3. The second kappa shape index (κ2) is 6.05. The van der Waals surface area contributed by atoms with Crippen molar-refractivity contribution in [3.63, 3.8) is 0 Å². The molecule has 1 N–H and O–H groups in total. The molecule has 0 amide bonds. The summed E-state index contributed by atoms with van der Waals surface area (Å²) in [6.07, 6.45) is 9.08. The standard InChI is InChI=1S/C12H22O2/c1-2-10-6-8-11(9-7-10)4-3-5-12(13)14/h10-11H,2-9H2,1H3,(H,13,14). The molecule has 1 aliphatic rings. The Morgan fingerprint density at radius 2 is 1.79 bits per heavy atom. The van der Waals surface area contributed by atoms with Gasteiger partial charge in [-0.25, -0.2) is 0 Å². The van der Waals surface area contributed by atoms with Crippen LogP contribution in [0.1, 0.15) is 58.3 Å². The van der Waals surface area contributed by atoms with Crippen LogP contribution in [-0.4, -0.2) is 11.1 Å². The zero-order chi connectivity index (χ0) is 10.4. The fraction of sp³-hybridized carbons (Fsp3) is 0.917. The summed E-state index contributed by atoms with van der Waals surface area (Å²) in [4.78, 5) is 10.3. The molecule has 2 nitrogen and oxygen atoms in total. The monoisotopic (exact) mass is 198 g/mol. The van der Waals surface area contributed by atoms with Gasteiger partial charge in [0.15, 0.2) is 0 Å². The molecule has 0 unspecified atom stereocenters. The molecule has 2 heteroatoms. The van der Waals surface area contributed by atoms with Crippen LogP contribution >= 0.6 is 0 Å². The highest BCUT2D eigenvalue weighted by Gasteiger charge is 2.19. The molecule has 0 aliphatic heterocycles. The van der Waals surface area contributed by atoms with E-state index in [2.05, 4.69) is 6.92 Å². The quantitative estimate of drug-likeness (QED) is 0.734. The lowest BCUT2D eigenvalue weighted by Crippen LogP contribution is -2.14. The number of carboxylic acid groups (broad SMARTS) is 1. The minimum atomic E-state index is -0.646. The average molecular weight is 198 g/mol. The number of hydrogen-bond donors (Lipinski definition) is 1. The third-order valence-corrected chi connectivity index (χ3v) is 3.55. The summed E-state index contributed by atoms with van der Waals surface area (Å²) in [5.74, 6) is 1.12. The van der Waals surface area contributed by atoms with Crippen LogP contribution in [0.5, 0.6) is 0 Å². The van der Waals surface area contributed by atoms with E-state index in [9.17, 15) is 4.79 Å². The van der Waals surface area contributed by atoms with Gasteiger partial charge in [0, 0.05) is 6.42 Å². The smallest absolute Gasteiger partial charge is 0.303 e. The Labute approximate surface area is 86.7 Å². The third kappa shape index (κ3) is 4.12. The van der Waals surface area contributed by atoms with Gasteiger partial charge < -0.3 is 5.11 Å². The van der Waals surface area contributed by atoms with Gasteiger partial charge in [-0.3, -0.25) is 4.79 Å². The van der Waals surface area contributed by atoms with Gasteiger partial charge in [-0.15, -0.1) is 0 Å². The molecule has 0 saturated heterocycles. The molecule has 0 aromatic carbocycles. The molecule has 82 valence electrons. The van der Waals surface area contributed by atoms with E-state index >= 15 is 0 Å². The lowest BCUT2D eigenvalue weighted by atomic mass is 9.79. The van der Waals surface area contributed by atoms with E-state index in [1.165, 1.54) is 32.1 Å². The Bertz CT molecular complexity index is 169. The van der Waals surface area contributed by atoms with Gasteiger partial charge in [0.25, 0.3) is 0 Å². The zero-order valence-corrected chi connectivity index (χ0v) is 9.17. The predicted molar refractivity (Wildman–Crippen MR) is 57.2 cm³/mol. The Morgan fingerprint density at radius 1 is 1.21 bits per heavy atom. The van der Waals surface area contributed by atoms with Gasteiger partial charge in [0.2, 0.25) is 0 Å². The van der Waals surface area contributed by atoms with Gasteiger partial charge in [-0.2, -0.15) is 0 Å². The van der Waals surface area contributed by atoms with Crippen LogP contribution in [0.2, 0.25) is 0 Å². The maximum absolute atomic E-state index is 10.3. The maximum Gasteiger partial charge on any atom is 0.303 e. The van der Waals surface area contributed by atoms with Gasteiger partial charge in [-0.1, -0.05) is 39.0 Å². The van der Waals surface area contributed by atoms with Crippen molar-refractivity contribution in [3.05, 3.63) is 0 Å². The van der Waals surface area contributed by atoms with E-state index in [1.54, 1.807) is 0 Å². The molecular weight excluding hydrogens is 176 g/mol. The van der Waals surface area contributed by atoms with E-state index in [0.29, 0.717) is 6.42 Å². The van der Waals surface area contributed by atoms with E-state index < -0.39 is 5.97 Å². The van der Waals surface area contributed by atoms with Gasteiger partial charge in [0.1, 0.15) is 0 Å². The Balaban J connectivity index is 2.07. The molecule has 0 aromatic heterocycles. The topological polar surface area (TPSA) is 37.3 Å². The molecule has 0 bridgehead atoms. The lowest BCUT2D eigenvalue weighted by Gasteiger charge is -2.27. The largest absolute Gasteiger partial charge is 0.481 e. The molecule has 1 rings (SSSR count). The molecule has 0 atom stereocenters. The molecule has 0 aromatic rings. The summed E-state index contributed by atoms with van der Waals surface area (Å²) in [6, 6.07) is 0. The normalized spacial score (nSPS) is 27.5. The number of hydrogen-bond acceptors (Lipinski definition) is 1. The summed E-state index contributed by atoms with van der Waals surface area (Å²) in [5, 5.41) is 8.52. The van der Waals surface area contributed by atoms with Crippen molar-refractivity contribution in [2.75, 3.05) is 0 Å². The van der Waals surface area contributed by atoms with Crippen molar-refractivity contribution in [3.8, 4) is 0 Å². The molecule has 0 spiro atoms. The van der Waals surface area contributed by atoms with Gasteiger partial charge >= 0.3 is 5.97 Å². The molecule has 14 heavy (non-hydrogen) atoms. The van der Waals surface area contributed by atoms with Crippen molar-refractivity contribution >= 4 is 5.97 Å². The molecular formula is C12H22O2. The molecule has 1 aliphatic carbocycles. The first-order valence-electron chi connectivity index (χ1n) is 5.94. The summed E-state index contributed by atoms with van der Waals surface area (Å²) in [6.45, 7) is 2.27. The van der Waals surface area contributed by atoms with Crippen LogP contribution in [0.15, 0.2) is 0 Å². The first-order valence-corrected chi connectivity index (χ1v) is 5.94. The van der Waals surface area contributed by atoms with Crippen molar-refractivity contribution in [1.82, 2.24) is 0 Å². The number of carbonyl (C=O) groups is 1. The number of carboxylic acids is 1. The van der Waals surface area contributed by atoms with Crippen LogP contribution < -0.4 is 0 Å². The minimum Gasteiger partial charge on any atom is -0.481 e. The molecule has 0 radical (unpaired) electrons. The van der Waals surface area contributed by atoms with Crippen LogP contribution in [0.4, 0.5) is 0 Å². The second-order valence-electron chi connectivity index (χ2n) is 4.58. The van der Waals surface area contributed by atoms with Crippen molar-refractivity contribution < 1.29 is 9.90 Å². The zero-order valence-electron chi connectivity index (χ0n) is 9.17. The van der Waals surface area contributed by atoms with E-state index in [-0.39, 0.29) is 0 Å².